The van der Waals surface area contributed by atoms with E-state index in [9.17, 15) is 9.59 Å². The molecular formula is C24H26O5S2. The number of hydrogen-bond acceptors (Lipinski definition) is 6. The van der Waals surface area contributed by atoms with E-state index in [2.05, 4.69) is 0 Å². The Bertz CT molecular complexity index is 961. The molecule has 4 rings (SSSR count). The average Bonchev–Trinajstić information content (AvgIpc) is 3.25. The quantitative estimate of drug-likeness (QED) is 0.614. The number of rotatable bonds is 4. The number of ether oxygens (including phenoxy) is 2. The van der Waals surface area contributed by atoms with Crippen LogP contribution in [0.4, 0.5) is 0 Å². The fourth-order valence-electron chi connectivity index (χ4n) is 3.22. The number of aliphatic carboxylic acids is 1. The van der Waals surface area contributed by atoms with Gasteiger partial charge in [0.05, 0.1) is 5.92 Å². The van der Waals surface area contributed by atoms with Gasteiger partial charge in [-0.05, 0) is 61.5 Å². The van der Waals surface area contributed by atoms with Crippen LogP contribution in [0.2, 0.25) is 0 Å². The van der Waals surface area contributed by atoms with Gasteiger partial charge in [-0.25, -0.2) is 0 Å². The van der Waals surface area contributed by atoms with Crippen molar-refractivity contribution in [2.24, 2.45) is 0 Å². The highest BCUT2D eigenvalue weighted by Gasteiger charge is 2.21. The Morgan fingerprint density at radius 3 is 1.68 bits per heavy atom. The van der Waals surface area contributed by atoms with Crippen LogP contribution in [-0.4, -0.2) is 27.0 Å². The summed E-state index contributed by atoms with van der Waals surface area (Å²) < 4.78 is 10.6. The zero-order chi connectivity index (χ0) is 22.0. The van der Waals surface area contributed by atoms with E-state index in [4.69, 9.17) is 39.0 Å². The standard InChI is InChI=1S/C12H12O2S.C11H10O3S.CH4/c1-7(8(2)13)9-3-4-11-10(5-9)6-12(15)14-11;1-6(11(12)13)7-2-3-9-8(4-7)5-10(15)14-9;/h3-5,7H,6H2,1-2H3;2-4,6H,5H2,1H3,(H,12,13);1H4. The molecule has 5 nitrogen and oxygen atoms in total. The molecule has 0 spiro atoms. The van der Waals surface area contributed by atoms with E-state index >= 15 is 0 Å². The first-order valence-corrected chi connectivity index (χ1v) is 10.4. The number of benzene rings is 2. The van der Waals surface area contributed by atoms with Gasteiger partial charge in [-0.1, -0.05) is 38.6 Å². The minimum atomic E-state index is -0.823. The van der Waals surface area contributed by atoms with Crippen LogP contribution in [0.3, 0.4) is 0 Å². The molecule has 2 unspecified atom stereocenters. The van der Waals surface area contributed by atoms with E-state index in [-0.39, 0.29) is 19.1 Å². The number of carboxylic acid groups (broad SMARTS) is 1. The fraction of sp³-hybridized carbons (Fsp3) is 0.333. The second kappa shape index (κ2) is 10.1. The molecule has 2 aromatic rings. The minimum absolute atomic E-state index is 0. The molecular weight excluding hydrogens is 432 g/mol. The summed E-state index contributed by atoms with van der Waals surface area (Å²) in [6, 6.07) is 11.2. The molecule has 2 aliphatic heterocycles. The van der Waals surface area contributed by atoms with E-state index < -0.39 is 11.9 Å². The number of carboxylic acids is 1. The van der Waals surface area contributed by atoms with Crippen molar-refractivity contribution >= 4 is 46.3 Å². The molecule has 1 N–H and O–H groups in total. The summed E-state index contributed by atoms with van der Waals surface area (Å²) in [4.78, 5) is 22.1. The van der Waals surface area contributed by atoms with Gasteiger partial charge < -0.3 is 14.6 Å². The third-order valence-corrected chi connectivity index (χ3v) is 5.72. The van der Waals surface area contributed by atoms with Gasteiger partial charge in [-0.2, -0.15) is 0 Å². The molecule has 0 aliphatic carbocycles. The summed E-state index contributed by atoms with van der Waals surface area (Å²) in [5, 5.41) is 10.0. The van der Waals surface area contributed by atoms with Gasteiger partial charge >= 0.3 is 5.97 Å². The molecule has 0 saturated heterocycles. The number of Topliss-reactive ketones (excluding diaryl/α,β-unsaturated/α-hetero) is 1. The number of hydrogen-bond donors (Lipinski definition) is 1. The van der Waals surface area contributed by atoms with Gasteiger partial charge in [0.2, 0.25) is 0 Å². The summed E-state index contributed by atoms with van der Waals surface area (Å²) in [5.74, 6) is 0.391. The Hall–Kier alpha value is -2.64. The number of fused-ring (bicyclic) bond motifs is 2. The number of carbonyl (C=O) groups excluding carboxylic acids is 1. The lowest BCUT2D eigenvalue weighted by Crippen LogP contribution is -2.07. The molecule has 0 radical (unpaired) electrons. The van der Waals surface area contributed by atoms with Gasteiger partial charge in [0.25, 0.3) is 0 Å². The van der Waals surface area contributed by atoms with Crippen LogP contribution in [0, 0.1) is 0 Å². The zero-order valence-corrected chi connectivity index (χ0v) is 18.6. The summed E-state index contributed by atoms with van der Waals surface area (Å²) in [7, 11) is 0. The topological polar surface area (TPSA) is 72.8 Å². The lowest BCUT2D eigenvalue weighted by molar-refractivity contribution is -0.138. The van der Waals surface area contributed by atoms with Gasteiger partial charge in [0.15, 0.2) is 10.1 Å². The molecule has 164 valence electrons. The van der Waals surface area contributed by atoms with E-state index in [1.165, 1.54) is 0 Å². The lowest BCUT2D eigenvalue weighted by Gasteiger charge is -2.08. The molecule has 0 aromatic heterocycles. The van der Waals surface area contributed by atoms with Crippen LogP contribution in [0.15, 0.2) is 36.4 Å². The van der Waals surface area contributed by atoms with Crippen LogP contribution >= 0.6 is 24.4 Å². The molecule has 2 aromatic carbocycles. The second-order valence-corrected chi connectivity index (χ2v) is 8.34. The summed E-state index contributed by atoms with van der Waals surface area (Å²) in [6.45, 7) is 5.19. The van der Waals surface area contributed by atoms with E-state index in [0.29, 0.717) is 22.9 Å². The van der Waals surface area contributed by atoms with Gasteiger partial charge in [0, 0.05) is 29.9 Å². The minimum Gasteiger partial charge on any atom is -0.481 e. The second-order valence-electron chi connectivity index (χ2n) is 7.43. The molecule has 7 heteroatoms. The van der Waals surface area contributed by atoms with Crippen molar-refractivity contribution in [1.82, 2.24) is 0 Å². The predicted molar refractivity (Wildman–Crippen MR) is 129 cm³/mol. The van der Waals surface area contributed by atoms with E-state index in [0.717, 1.165) is 33.8 Å². The first kappa shape index (κ1) is 24.6. The third kappa shape index (κ3) is 5.74. The maximum Gasteiger partial charge on any atom is 0.310 e. The molecule has 0 fully saturated rings. The summed E-state index contributed by atoms with van der Waals surface area (Å²) in [5.41, 5.74) is 3.89. The summed E-state index contributed by atoms with van der Waals surface area (Å²) in [6.07, 6.45) is 1.29. The SMILES string of the molecule is C.CC(=O)C(C)c1ccc2c(c1)CC(=S)O2.CC(C(=O)O)c1ccc2c(c1)CC(=S)O2. The number of thiocarbonyl (C=S) groups is 2. The Labute approximate surface area is 193 Å². The van der Waals surface area contributed by atoms with Gasteiger partial charge in [-0.3, -0.25) is 9.59 Å². The van der Waals surface area contributed by atoms with Crippen LogP contribution < -0.4 is 9.47 Å². The molecule has 0 amide bonds. The smallest absolute Gasteiger partial charge is 0.310 e. The third-order valence-electron chi connectivity index (χ3n) is 5.27. The van der Waals surface area contributed by atoms with Crippen LogP contribution in [0.5, 0.6) is 11.5 Å². The van der Waals surface area contributed by atoms with E-state index in [1.54, 1.807) is 26.0 Å². The van der Waals surface area contributed by atoms with Crippen molar-refractivity contribution in [1.29, 1.82) is 0 Å². The fourth-order valence-corrected chi connectivity index (χ4v) is 3.71. The molecule has 2 heterocycles. The predicted octanol–water partition coefficient (Wildman–Crippen LogP) is 5.41. The average molecular weight is 459 g/mol. The molecule has 2 atom stereocenters. The first-order valence-electron chi connectivity index (χ1n) is 9.56. The zero-order valence-electron chi connectivity index (χ0n) is 16.9. The van der Waals surface area contributed by atoms with Crippen molar-refractivity contribution < 1.29 is 24.2 Å². The molecule has 0 bridgehead atoms. The van der Waals surface area contributed by atoms with Crippen molar-refractivity contribution in [2.75, 3.05) is 0 Å². The van der Waals surface area contributed by atoms with Crippen molar-refractivity contribution in [3.63, 3.8) is 0 Å². The normalized spacial score (nSPS) is 15.2. The van der Waals surface area contributed by atoms with Gasteiger partial charge in [-0.15, -0.1) is 0 Å². The highest BCUT2D eigenvalue weighted by atomic mass is 32.1. The highest BCUT2D eigenvalue weighted by Crippen LogP contribution is 2.31. The Kier molecular flexibility index (Phi) is 8.03. The van der Waals surface area contributed by atoms with Crippen molar-refractivity contribution in [3.8, 4) is 11.5 Å². The monoisotopic (exact) mass is 458 g/mol. The van der Waals surface area contributed by atoms with Gasteiger partial charge in [0.1, 0.15) is 17.3 Å². The number of ketones is 1. The first-order chi connectivity index (χ1) is 14.2. The Balaban J connectivity index is 0.000000213. The Morgan fingerprint density at radius 1 is 0.871 bits per heavy atom. The largest absolute Gasteiger partial charge is 0.481 e. The van der Waals surface area contributed by atoms with Crippen molar-refractivity contribution in [3.05, 3.63) is 58.7 Å². The van der Waals surface area contributed by atoms with Crippen LogP contribution in [0.25, 0.3) is 0 Å². The van der Waals surface area contributed by atoms with Crippen molar-refractivity contribution in [2.45, 2.75) is 52.9 Å². The van der Waals surface area contributed by atoms with Crippen LogP contribution in [-0.2, 0) is 22.4 Å². The Morgan fingerprint density at radius 2 is 1.29 bits per heavy atom. The maximum atomic E-state index is 11.3. The lowest BCUT2D eigenvalue weighted by atomic mass is 9.95. The number of carbonyl (C=O) groups is 2. The molecule has 31 heavy (non-hydrogen) atoms. The molecule has 2 aliphatic rings. The van der Waals surface area contributed by atoms with E-state index in [1.807, 2.05) is 31.2 Å². The van der Waals surface area contributed by atoms with Crippen LogP contribution in [0.1, 0.15) is 62.3 Å². The highest BCUT2D eigenvalue weighted by molar-refractivity contribution is 7.80. The summed E-state index contributed by atoms with van der Waals surface area (Å²) >= 11 is 9.94. The maximum absolute atomic E-state index is 11.3. The molecule has 0 saturated carbocycles.